The Morgan fingerprint density at radius 2 is 2.03 bits per heavy atom. The lowest BCUT2D eigenvalue weighted by molar-refractivity contribution is -0.119. The van der Waals surface area contributed by atoms with Gasteiger partial charge in [0.05, 0.1) is 35.1 Å². The molecule has 2 N–H and O–H groups in total. The number of carbonyl (C=O) groups is 1. The van der Waals surface area contributed by atoms with Crippen molar-refractivity contribution in [1.82, 2.24) is 19.9 Å². The molecule has 2 aromatic heterocycles. The lowest BCUT2D eigenvalue weighted by Gasteiger charge is -2.20. The van der Waals surface area contributed by atoms with Crippen molar-refractivity contribution in [2.45, 2.75) is 25.5 Å². The second-order valence-corrected chi connectivity index (χ2v) is 9.21. The van der Waals surface area contributed by atoms with Crippen molar-refractivity contribution >= 4 is 45.6 Å². The maximum atomic E-state index is 12.9. The molecule has 3 heterocycles. The number of likely N-dealkylation sites (N-methyl/N-ethyl adjacent to an activating group) is 1. The van der Waals surface area contributed by atoms with E-state index in [0.29, 0.717) is 40.2 Å². The molecule has 10 heteroatoms. The minimum absolute atomic E-state index is 0.0583. The highest BCUT2D eigenvalue weighted by Gasteiger charge is 2.28. The number of halogens is 1. The Bertz CT molecular complexity index is 1420. The van der Waals surface area contributed by atoms with Gasteiger partial charge in [-0.15, -0.1) is 0 Å². The molecule has 1 amide bonds. The number of benzene rings is 2. The number of methoxy groups -OCH3 is 1. The fourth-order valence-electron chi connectivity index (χ4n) is 4.38. The van der Waals surface area contributed by atoms with Crippen molar-refractivity contribution in [1.29, 1.82) is 0 Å². The first-order valence-corrected chi connectivity index (χ1v) is 12.3. The third-order valence-electron chi connectivity index (χ3n) is 6.33. The van der Waals surface area contributed by atoms with Crippen molar-refractivity contribution in [3.05, 3.63) is 71.8 Å². The summed E-state index contributed by atoms with van der Waals surface area (Å²) in [5.74, 6) is 1.59. The molecule has 1 atom stereocenters. The highest BCUT2D eigenvalue weighted by molar-refractivity contribution is 6.32. The number of hydrogen-bond acceptors (Lipinski definition) is 8. The minimum atomic E-state index is -0.162. The fourth-order valence-corrected chi connectivity index (χ4v) is 4.61. The van der Waals surface area contributed by atoms with E-state index in [0.717, 1.165) is 36.2 Å². The minimum Gasteiger partial charge on any atom is -0.494 e. The van der Waals surface area contributed by atoms with Crippen LogP contribution in [-0.2, 0) is 11.4 Å². The van der Waals surface area contributed by atoms with Gasteiger partial charge < -0.3 is 20.1 Å². The molecule has 4 aromatic rings. The van der Waals surface area contributed by atoms with E-state index in [-0.39, 0.29) is 11.9 Å². The molecule has 0 radical (unpaired) electrons. The van der Waals surface area contributed by atoms with Crippen LogP contribution in [0.4, 0.5) is 17.2 Å². The van der Waals surface area contributed by atoms with Crippen LogP contribution in [-0.4, -0.2) is 52.5 Å². The highest BCUT2D eigenvalue weighted by Crippen LogP contribution is 2.35. The lowest BCUT2D eigenvalue weighted by Crippen LogP contribution is -2.37. The van der Waals surface area contributed by atoms with Gasteiger partial charge >= 0.3 is 0 Å². The van der Waals surface area contributed by atoms with Crippen molar-refractivity contribution < 1.29 is 14.3 Å². The van der Waals surface area contributed by atoms with Gasteiger partial charge in [-0.2, -0.15) is 0 Å². The molecular weight excluding hydrogens is 492 g/mol. The number of likely N-dealkylation sites (tertiary alicyclic amines) is 1. The molecular formula is C27H27ClN6O3. The maximum Gasteiger partial charge on any atom is 0.241 e. The molecule has 0 unspecified atom stereocenters. The number of amides is 1. The van der Waals surface area contributed by atoms with Crippen LogP contribution in [0.3, 0.4) is 0 Å². The summed E-state index contributed by atoms with van der Waals surface area (Å²) in [5, 5.41) is 7.51. The molecule has 0 saturated carbocycles. The Kier molecular flexibility index (Phi) is 7.34. The van der Waals surface area contributed by atoms with Gasteiger partial charge in [0.2, 0.25) is 5.91 Å². The highest BCUT2D eigenvalue weighted by atomic mass is 35.5. The molecule has 9 nitrogen and oxygen atoms in total. The van der Waals surface area contributed by atoms with Gasteiger partial charge in [-0.05, 0) is 62.8 Å². The van der Waals surface area contributed by atoms with E-state index in [4.69, 9.17) is 21.1 Å². The number of carbonyl (C=O) groups excluding carboxylic acids is 1. The van der Waals surface area contributed by atoms with Crippen LogP contribution in [0.2, 0.25) is 5.02 Å². The predicted octanol–water partition coefficient (Wildman–Crippen LogP) is 5.04. The Labute approximate surface area is 219 Å². The summed E-state index contributed by atoms with van der Waals surface area (Å²) < 4.78 is 11.4. The van der Waals surface area contributed by atoms with Crippen LogP contribution >= 0.6 is 11.6 Å². The normalized spacial score (nSPS) is 15.5. The largest absolute Gasteiger partial charge is 0.494 e. The molecule has 1 aliphatic heterocycles. The Balaban J connectivity index is 1.37. The Morgan fingerprint density at radius 1 is 1.14 bits per heavy atom. The molecule has 2 aromatic carbocycles. The average Bonchev–Trinajstić information content (AvgIpc) is 3.34. The van der Waals surface area contributed by atoms with E-state index in [1.807, 2.05) is 37.4 Å². The van der Waals surface area contributed by atoms with E-state index in [1.165, 1.54) is 6.33 Å². The van der Waals surface area contributed by atoms with E-state index in [9.17, 15) is 4.79 Å². The van der Waals surface area contributed by atoms with Crippen LogP contribution in [0.15, 0.2) is 61.1 Å². The Hall–Kier alpha value is -3.95. The third-order valence-corrected chi connectivity index (χ3v) is 6.63. The SMILES string of the molecule is COc1cc2ncnc(Nc3ccc(OCc4ccccn4)c(Cl)c3)c2cc1NC(=O)[C@H]1CCCN1C. The summed E-state index contributed by atoms with van der Waals surface area (Å²) >= 11 is 6.49. The van der Waals surface area contributed by atoms with Gasteiger partial charge in [-0.3, -0.25) is 14.7 Å². The summed E-state index contributed by atoms with van der Waals surface area (Å²) in [6, 6.07) is 14.5. The predicted molar refractivity (Wildman–Crippen MR) is 144 cm³/mol. The van der Waals surface area contributed by atoms with Crippen LogP contribution in [0.25, 0.3) is 10.9 Å². The summed E-state index contributed by atoms with van der Waals surface area (Å²) in [7, 11) is 3.53. The fraction of sp³-hybridized carbons (Fsp3) is 0.259. The zero-order chi connectivity index (χ0) is 25.8. The molecule has 5 rings (SSSR count). The first-order valence-electron chi connectivity index (χ1n) is 11.9. The zero-order valence-corrected chi connectivity index (χ0v) is 21.3. The zero-order valence-electron chi connectivity index (χ0n) is 20.6. The first-order chi connectivity index (χ1) is 18.0. The second-order valence-electron chi connectivity index (χ2n) is 8.80. The van der Waals surface area contributed by atoms with E-state index in [2.05, 4.69) is 30.5 Å². The van der Waals surface area contributed by atoms with E-state index < -0.39 is 0 Å². The molecule has 1 aliphatic rings. The molecule has 1 fully saturated rings. The van der Waals surface area contributed by atoms with Crippen LogP contribution in [0.1, 0.15) is 18.5 Å². The number of aromatic nitrogens is 3. The van der Waals surface area contributed by atoms with Gasteiger partial charge in [-0.25, -0.2) is 9.97 Å². The molecule has 1 saturated heterocycles. The number of ether oxygens (including phenoxy) is 2. The molecule has 190 valence electrons. The van der Waals surface area contributed by atoms with Gasteiger partial charge in [0.15, 0.2) is 0 Å². The summed E-state index contributed by atoms with van der Waals surface area (Å²) in [6.45, 7) is 1.22. The number of nitrogens with one attached hydrogen (secondary N) is 2. The average molecular weight is 519 g/mol. The van der Waals surface area contributed by atoms with Crippen molar-refractivity contribution in [3.8, 4) is 11.5 Å². The summed E-state index contributed by atoms with van der Waals surface area (Å²) in [6.07, 6.45) is 5.03. The third kappa shape index (κ3) is 5.58. The summed E-state index contributed by atoms with van der Waals surface area (Å²) in [5.41, 5.74) is 2.77. The smallest absolute Gasteiger partial charge is 0.241 e. The number of pyridine rings is 1. The van der Waals surface area contributed by atoms with Gasteiger partial charge in [0.25, 0.3) is 0 Å². The number of hydrogen-bond donors (Lipinski definition) is 2. The molecule has 37 heavy (non-hydrogen) atoms. The number of nitrogens with zero attached hydrogens (tertiary/aromatic N) is 4. The van der Waals surface area contributed by atoms with Gasteiger partial charge in [-0.1, -0.05) is 17.7 Å². The van der Waals surface area contributed by atoms with Gasteiger partial charge in [0, 0.05) is 23.3 Å². The van der Waals surface area contributed by atoms with E-state index >= 15 is 0 Å². The molecule has 0 bridgehead atoms. The molecule has 0 aliphatic carbocycles. The lowest BCUT2D eigenvalue weighted by atomic mass is 10.1. The topological polar surface area (TPSA) is 102 Å². The van der Waals surface area contributed by atoms with Crippen LogP contribution in [0, 0.1) is 0 Å². The number of rotatable bonds is 8. The first kappa shape index (κ1) is 24.7. The van der Waals surface area contributed by atoms with Crippen molar-refractivity contribution in [2.24, 2.45) is 0 Å². The second kappa shape index (κ2) is 11.0. The monoisotopic (exact) mass is 518 g/mol. The number of fused-ring (bicyclic) bond motifs is 1. The van der Waals surface area contributed by atoms with Crippen molar-refractivity contribution in [3.63, 3.8) is 0 Å². The van der Waals surface area contributed by atoms with Crippen molar-refractivity contribution in [2.75, 3.05) is 31.3 Å². The van der Waals surface area contributed by atoms with Gasteiger partial charge in [0.1, 0.15) is 30.3 Å². The Morgan fingerprint density at radius 3 is 2.76 bits per heavy atom. The maximum absolute atomic E-state index is 12.9. The quantitative estimate of drug-likeness (QED) is 0.334. The van der Waals surface area contributed by atoms with Crippen LogP contribution < -0.4 is 20.1 Å². The number of anilines is 3. The molecule has 0 spiro atoms. The van der Waals surface area contributed by atoms with E-state index in [1.54, 1.807) is 31.5 Å². The van der Waals surface area contributed by atoms with Crippen LogP contribution in [0.5, 0.6) is 11.5 Å². The summed E-state index contributed by atoms with van der Waals surface area (Å²) in [4.78, 5) is 28.1. The standard InChI is InChI=1S/C27H27ClN6O3/c1-34-11-5-7-23(34)27(35)33-22-13-19-21(14-25(22)36-2)30-16-31-26(19)32-17-8-9-24(20(28)12-17)37-15-18-6-3-4-10-29-18/h3-4,6,8-10,12-14,16,23H,5,7,11,15H2,1-2H3,(H,33,35)(H,30,31,32)/t23-/m1/s1.